The number of carbonyl (C=O) groups is 2. The number of nitrogens with one attached hydrogen (secondary N) is 1. The van der Waals surface area contributed by atoms with Crippen LogP contribution < -0.4 is 5.32 Å². The van der Waals surface area contributed by atoms with Crippen molar-refractivity contribution in [1.29, 1.82) is 0 Å². The Morgan fingerprint density at radius 1 is 1.45 bits per heavy atom. The largest absolute Gasteiger partial charge is 0.481 e. The molecule has 0 aromatic carbocycles. The molecular formula is C13H19N3O3S. The van der Waals surface area contributed by atoms with Gasteiger partial charge in [-0.2, -0.15) is 8.75 Å². The minimum atomic E-state index is -0.754. The van der Waals surface area contributed by atoms with Gasteiger partial charge in [-0.05, 0) is 24.2 Å². The number of carboxylic acids is 1. The second-order valence-corrected chi connectivity index (χ2v) is 6.51. The second-order valence-electron chi connectivity index (χ2n) is 5.95. The number of hydrogen-bond acceptors (Lipinski definition) is 5. The summed E-state index contributed by atoms with van der Waals surface area (Å²) < 4.78 is 7.72. The highest BCUT2D eigenvalue weighted by Crippen LogP contribution is 2.45. The van der Waals surface area contributed by atoms with Crippen LogP contribution in [0.3, 0.4) is 0 Å². The van der Waals surface area contributed by atoms with Crippen molar-refractivity contribution >= 4 is 23.6 Å². The van der Waals surface area contributed by atoms with Gasteiger partial charge < -0.3 is 10.4 Å². The molecule has 110 valence electrons. The van der Waals surface area contributed by atoms with Crippen molar-refractivity contribution in [1.82, 2.24) is 14.1 Å². The topological polar surface area (TPSA) is 92.2 Å². The molecule has 1 aromatic rings. The fourth-order valence-corrected chi connectivity index (χ4v) is 3.36. The molecule has 1 heterocycles. The summed E-state index contributed by atoms with van der Waals surface area (Å²) in [5.74, 6) is -1.28. The van der Waals surface area contributed by atoms with E-state index in [0.29, 0.717) is 18.5 Å². The van der Waals surface area contributed by atoms with Crippen LogP contribution in [-0.2, 0) is 4.79 Å². The van der Waals surface area contributed by atoms with E-state index in [4.69, 9.17) is 0 Å². The van der Waals surface area contributed by atoms with Crippen LogP contribution in [-0.4, -0.2) is 31.8 Å². The number of rotatable bonds is 3. The van der Waals surface area contributed by atoms with Crippen LogP contribution in [0.1, 0.15) is 44.1 Å². The van der Waals surface area contributed by atoms with Gasteiger partial charge in [0, 0.05) is 6.04 Å². The van der Waals surface area contributed by atoms with Gasteiger partial charge in [-0.15, -0.1) is 0 Å². The first kappa shape index (κ1) is 14.9. The van der Waals surface area contributed by atoms with Gasteiger partial charge in [0.15, 0.2) is 5.69 Å². The average molecular weight is 297 g/mol. The fraction of sp³-hybridized carbons (Fsp3) is 0.692. The molecule has 7 heteroatoms. The molecule has 1 fully saturated rings. The van der Waals surface area contributed by atoms with Gasteiger partial charge in [0.05, 0.1) is 23.8 Å². The molecule has 3 atom stereocenters. The Hall–Kier alpha value is -1.50. The Morgan fingerprint density at radius 2 is 2.15 bits per heavy atom. The summed E-state index contributed by atoms with van der Waals surface area (Å²) in [7, 11) is 0. The van der Waals surface area contributed by atoms with E-state index in [1.165, 1.54) is 6.20 Å². The lowest BCUT2D eigenvalue weighted by Gasteiger charge is -2.46. The van der Waals surface area contributed by atoms with Crippen molar-refractivity contribution in [3.63, 3.8) is 0 Å². The summed E-state index contributed by atoms with van der Waals surface area (Å²) in [6.45, 7) is 5.91. The molecule has 2 rings (SSSR count). The Balaban J connectivity index is 2.08. The number of carbonyl (C=O) groups excluding carboxylic acids is 1. The van der Waals surface area contributed by atoms with Crippen LogP contribution in [0.25, 0.3) is 0 Å². The lowest BCUT2D eigenvalue weighted by Crippen LogP contribution is -2.52. The van der Waals surface area contributed by atoms with Crippen LogP contribution in [0.2, 0.25) is 0 Å². The van der Waals surface area contributed by atoms with E-state index in [2.05, 4.69) is 14.1 Å². The molecule has 0 aliphatic heterocycles. The quantitative estimate of drug-likeness (QED) is 0.887. The van der Waals surface area contributed by atoms with Gasteiger partial charge in [-0.25, -0.2) is 0 Å². The molecule has 20 heavy (non-hydrogen) atoms. The molecule has 6 nitrogen and oxygen atoms in total. The zero-order chi connectivity index (χ0) is 14.9. The molecule has 0 saturated heterocycles. The van der Waals surface area contributed by atoms with Gasteiger partial charge >= 0.3 is 5.97 Å². The van der Waals surface area contributed by atoms with Crippen molar-refractivity contribution in [2.24, 2.45) is 17.3 Å². The van der Waals surface area contributed by atoms with Gasteiger partial charge in [-0.1, -0.05) is 20.8 Å². The predicted molar refractivity (Wildman–Crippen MR) is 74.5 cm³/mol. The van der Waals surface area contributed by atoms with Crippen molar-refractivity contribution in [3.8, 4) is 0 Å². The number of hydrogen-bond donors (Lipinski definition) is 2. The van der Waals surface area contributed by atoms with E-state index in [-0.39, 0.29) is 29.2 Å². The van der Waals surface area contributed by atoms with E-state index in [1.54, 1.807) is 0 Å². The van der Waals surface area contributed by atoms with Gasteiger partial charge in [0.25, 0.3) is 5.91 Å². The number of aliphatic carboxylic acids is 1. The van der Waals surface area contributed by atoms with Crippen molar-refractivity contribution < 1.29 is 14.7 Å². The summed E-state index contributed by atoms with van der Waals surface area (Å²) in [6, 6.07) is -0.0326. The third kappa shape index (κ3) is 2.67. The predicted octanol–water partition coefficient (Wildman–Crippen LogP) is 1.79. The molecule has 0 bridgehead atoms. The fourth-order valence-electron chi connectivity index (χ4n) is 2.95. The molecular weight excluding hydrogens is 278 g/mol. The minimum absolute atomic E-state index is 0.0326. The van der Waals surface area contributed by atoms with E-state index in [0.717, 1.165) is 11.7 Å². The molecule has 3 unspecified atom stereocenters. The highest BCUT2D eigenvalue weighted by Gasteiger charge is 2.46. The van der Waals surface area contributed by atoms with Crippen molar-refractivity contribution in [2.45, 2.75) is 39.7 Å². The van der Waals surface area contributed by atoms with E-state index in [1.807, 2.05) is 20.8 Å². The Kier molecular flexibility index (Phi) is 4.08. The van der Waals surface area contributed by atoms with Crippen LogP contribution in [0, 0.1) is 17.3 Å². The van der Waals surface area contributed by atoms with E-state index < -0.39 is 5.97 Å². The Labute approximate surface area is 121 Å². The third-order valence-electron chi connectivity index (χ3n) is 4.65. The maximum Gasteiger partial charge on any atom is 0.307 e. The summed E-state index contributed by atoms with van der Waals surface area (Å²) in [5.41, 5.74) is -0.0390. The first-order chi connectivity index (χ1) is 9.34. The molecule has 1 aromatic heterocycles. The molecule has 1 saturated carbocycles. The SMILES string of the molecule is CC1C(NC(=O)c2cnsn2)CCC(C(=O)O)C1(C)C. The zero-order valence-electron chi connectivity index (χ0n) is 11.8. The third-order valence-corrected chi connectivity index (χ3v) is 5.13. The summed E-state index contributed by atoms with van der Waals surface area (Å²) >= 11 is 0.996. The maximum atomic E-state index is 12.0. The molecule has 2 N–H and O–H groups in total. The van der Waals surface area contributed by atoms with Crippen LogP contribution in [0.5, 0.6) is 0 Å². The van der Waals surface area contributed by atoms with Crippen LogP contribution in [0.15, 0.2) is 6.20 Å². The van der Waals surface area contributed by atoms with Crippen LogP contribution >= 0.6 is 11.7 Å². The zero-order valence-corrected chi connectivity index (χ0v) is 12.6. The second kappa shape index (κ2) is 5.47. The van der Waals surface area contributed by atoms with Gasteiger partial charge in [0.1, 0.15) is 0 Å². The highest BCUT2D eigenvalue weighted by atomic mass is 32.1. The monoisotopic (exact) mass is 297 g/mol. The highest BCUT2D eigenvalue weighted by molar-refractivity contribution is 6.99. The molecule has 1 amide bonds. The smallest absolute Gasteiger partial charge is 0.307 e. The number of nitrogens with zero attached hydrogens (tertiary/aromatic N) is 2. The van der Waals surface area contributed by atoms with E-state index in [9.17, 15) is 14.7 Å². The number of aromatic nitrogens is 2. The first-order valence-corrected chi connectivity index (χ1v) is 7.38. The summed E-state index contributed by atoms with van der Waals surface area (Å²) in [5, 5.41) is 12.3. The van der Waals surface area contributed by atoms with E-state index >= 15 is 0 Å². The first-order valence-electron chi connectivity index (χ1n) is 6.65. The van der Waals surface area contributed by atoms with Gasteiger partial charge in [-0.3, -0.25) is 9.59 Å². The van der Waals surface area contributed by atoms with Crippen LogP contribution in [0.4, 0.5) is 0 Å². The lowest BCUT2D eigenvalue weighted by atomic mass is 9.61. The number of carboxylic acid groups (broad SMARTS) is 1. The number of amides is 1. The maximum absolute atomic E-state index is 12.0. The standard InChI is InChI=1S/C13H19N3O3S/c1-7-9(15-11(17)10-6-14-20-16-10)5-4-8(12(18)19)13(7,2)3/h6-9H,4-5H2,1-3H3,(H,15,17)(H,18,19). The van der Waals surface area contributed by atoms with Crippen molar-refractivity contribution in [3.05, 3.63) is 11.9 Å². The molecule has 1 aliphatic rings. The molecule has 0 radical (unpaired) electrons. The average Bonchev–Trinajstić information content (AvgIpc) is 2.88. The van der Waals surface area contributed by atoms with Crippen molar-refractivity contribution in [2.75, 3.05) is 0 Å². The Morgan fingerprint density at radius 3 is 2.70 bits per heavy atom. The van der Waals surface area contributed by atoms with Gasteiger partial charge in [0.2, 0.25) is 0 Å². The molecule has 1 aliphatic carbocycles. The normalized spacial score (nSPS) is 28.9. The summed E-state index contributed by atoms with van der Waals surface area (Å²) in [6.07, 6.45) is 2.69. The minimum Gasteiger partial charge on any atom is -0.481 e. The summed E-state index contributed by atoms with van der Waals surface area (Å²) in [4.78, 5) is 23.3. The Bertz CT molecular complexity index is 501. The molecule has 0 spiro atoms. The lowest BCUT2D eigenvalue weighted by molar-refractivity contribution is -0.150.